The van der Waals surface area contributed by atoms with Gasteiger partial charge in [0.2, 0.25) is 5.89 Å². The summed E-state index contributed by atoms with van der Waals surface area (Å²) in [4.78, 5) is 12.0. The van der Waals surface area contributed by atoms with Crippen molar-refractivity contribution in [3.8, 4) is 11.5 Å². The molecule has 1 amide bonds. The van der Waals surface area contributed by atoms with Gasteiger partial charge in [0.1, 0.15) is 0 Å². The predicted molar refractivity (Wildman–Crippen MR) is 75.8 cm³/mol. The molecule has 0 unspecified atom stereocenters. The van der Waals surface area contributed by atoms with Crippen LogP contribution in [-0.4, -0.2) is 33.9 Å². The second kappa shape index (κ2) is 6.44. The molecule has 0 aliphatic heterocycles. The zero-order chi connectivity index (χ0) is 14.5. The lowest BCUT2D eigenvalue weighted by molar-refractivity contribution is 0.0945. The Bertz CT molecular complexity index is 631. The van der Waals surface area contributed by atoms with Crippen LogP contribution in [0.2, 0.25) is 0 Å². The SMILES string of the molecule is C[C@@H](O)CCNC(=O)c1ccc(-c2n[nH]c(=S)o2)cc1. The Morgan fingerprint density at radius 3 is 2.75 bits per heavy atom. The summed E-state index contributed by atoms with van der Waals surface area (Å²) in [6.45, 7) is 2.12. The fourth-order valence-electron chi connectivity index (χ4n) is 1.61. The standard InChI is InChI=1S/C13H15N3O3S/c1-8(17)6-7-14-11(18)9-2-4-10(5-3-9)12-15-16-13(20)19-12/h2-5,8,17H,6-7H2,1H3,(H,14,18)(H,16,20)/t8-/m1/s1. The number of hydrogen-bond acceptors (Lipinski definition) is 5. The minimum absolute atomic E-state index is 0.180. The molecule has 0 spiro atoms. The molecule has 3 N–H and O–H groups in total. The number of H-pyrrole nitrogens is 1. The van der Waals surface area contributed by atoms with Crippen molar-refractivity contribution in [2.45, 2.75) is 19.4 Å². The average molecular weight is 293 g/mol. The van der Waals surface area contributed by atoms with E-state index in [9.17, 15) is 4.79 Å². The van der Waals surface area contributed by atoms with Crippen molar-refractivity contribution < 1.29 is 14.3 Å². The molecule has 0 bridgehead atoms. The van der Waals surface area contributed by atoms with Gasteiger partial charge in [-0.2, -0.15) is 0 Å². The van der Waals surface area contributed by atoms with Gasteiger partial charge in [-0.3, -0.25) is 4.79 Å². The lowest BCUT2D eigenvalue weighted by Gasteiger charge is -2.06. The van der Waals surface area contributed by atoms with Crippen LogP contribution in [0.5, 0.6) is 0 Å². The first-order chi connectivity index (χ1) is 9.56. The van der Waals surface area contributed by atoms with Crippen molar-refractivity contribution in [1.29, 1.82) is 0 Å². The van der Waals surface area contributed by atoms with Gasteiger partial charge < -0.3 is 14.8 Å². The fraction of sp³-hybridized carbons (Fsp3) is 0.308. The van der Waals surface area contributed by atoms with Crippen LogP contribution >= 0.6 is 12.2 Å². The summed E-state index contributed by atoms with van der Waals surface area (Å²) < 4.78 is 5.18. The first-order valence-corrected chi connectivity index (χ1v) is 6.59. The van der Waals surface area contributed by atoms with Gasteiger partial charge in [0.25, 0.3) is 10.7 Å². The van der Waals surface area contributed by atoms with E-state index in [1.807, 2.05) is 0 Å². The van der Waals surface area contributed by atoms with Gasteiger partial charge in [0.05, 0.1) is 6.10 Å². The van der Waals surface area contributed by atoms with Crippen molar-refractivity contribution in [1.82, 2.24) is 15.5 Å². The van der Waals surface area contributed by atoms with E-state index < -0.39 is 6.10 Å². The smallest absolute Gasteiger partial charge is 0.284 e. The first kappa shape index (κ1) is 14.4. The third-order valence-corrected chi connectivity index (χ3v) is 2.85. The highest BCUT2D eigenvalue weighted by atomic mass is 32.1. The summed E-state index contributed by atoms with van der Waals surface area (Å²) in [5.41, 5.74) is 1.27. The molecule has 0 fully saturated rings. The van der Waals surface area contributed by atoms with Crippen LogP contribution in [0.4, 0.5) is 0 Å². The minimum Gasteiger partial charge on any atom is -0.409 e. The number of rotatable bonds is 5. The molecule has 6 nitrogen and oxygen atoms in total. The van der Waals surface area contributed by atoms with Crippen LogP contribution in [0, 0.1) is 4.84 Å². The van der Waals surface area contributed by atoms with Gasteiger partial charge in [-0.05, 0) is 49.8 Å². The molecule has 0 aliphatic carbocycles. The number of nitrogens with zero attached hydrogens (tertiary/aromatic N) is 1. The van der Waals surface area contributed by atoms with Gasteiger partial charge in [-0.15, -0.1) is 5.10 Å². The summed E-state index contributed by atoms with van der Waals surface area (Å²) >= 11 is 4.80. The summed E-state index contributed by atoms with van der Waals surface area (Å²) in [6.07, 6.45) is 0.101. The lowest BCUT2D eigenvalue weighted by Crippen LogP contribution is -2.26. The Kier molecular flexibility index (Phi) is 4.65. The molecule has 1 atom stereocenters. The summed E-state index contributed by atoms with van der Waals surface area (Å²) in [5.74, 6) is 0.205. The maximum absolute atomic E-state index is 11.8. The van der Waals surface area contributed by atoms with E-state index in [0.717, 1.165) is 5.56 Å². The number of aromatic nitrogens is 2. The molecule has 0 saturated heterocycles. The monoisotopic (exact) mass is 293 g/mol. The number of benzene rings is 1. The number of carbonyl (C=O) groups is 1. The van der Waals surface area contributed by atoms with Gasteiger partial charge in [-0.25, -0.2) is 5.10 Å². The molecule has 7 heteroatoms. The molecule has 2 rings (SSSR count). The largest absolute Gasteiger partial charge is 0.409 e. The number of hydrogen-bond donors (Lipinski definition) is 3. The molecule has 0 aliphatic rings. The summed E-state index contributed by atoms with van der Waals surface area (Å²) in [7, 11) is 0. The molecular formula is C13H15N3O3S. The van der Waals surface area contributed by atoms with E-state index >= 15 is 0 Å². The fourth-order valence-corrected chi connectivity index (χ4v) is 1.74. The Hall–Kier alpha value is -1.99. The van der Waals surface area contributed by atoms with E-state index in [4.69, 9.17) is 21.7 Å². The molecule has 0 saturated carbocycles. The van der Waals surface area contributed by atoms with Crippen LogP contribution < -0.4 is 5.32 Å². The Labute approximate surface area is 120 Å². The Morgan fingerprint density at radius 1 is 1.50 bits per heavy atom. The number of carbonyl (C=O) groups excluding carboxylic acids is 1. The van der Waals surface area contributed by atoms with E-state index in [0.29, 0.717) is 24.4 Å². The minimum atomic E-state index is -0.424. The maximum Gasteiger partial charge on any atom is 0.284 e. The quantitative estimate of drug-likeness (QED) is 0.732. The van der Waals surface area contributed by atoms with Crippen molar-refractivity contribution in [2.24, 2.45) is 0 Å². The number of aliphatic hydroxyl groups is 1. The average Bonchev–Trinajstić information content (AvgIpc) is 2.85. The number of aliphatic hydroxyl groups excluding tert-OH is 1. The van der Waals surface area contributed by atoms with Gasteiger partial charge in [0.15, 0.2) is 0 Å². The normalized spacial score (nSPS) is 12.1. The lowest BCUT2D eigenvalue weighted by atomic mass is 10.1. The van der Waals surface area contributed by atoms with E-state index in [1.54, 1.807) is 31.2 Å². The van der Waals surface area contributed by atoms with Crippen LogP contribution in [0.25, 0.3) is 11.5 Å². The maximum atomic E-state index is 11.8. The predicted octanol–water partition coefficient (Wildman–Crippen LogP) is 1.90. The van der Waals surface area contributed by atoms with Crippen LogP contribution in [0.15, 0.2) is 28.7 Å². The molecule has 1 aromatic carbocycles. The third kappa shape index (κ3) is 3.75. The summed E-state index contributed by atoms with van der Waals surface area (Å²) in [5, 5.41) is 18.3. The van der Waals surface area contributed by atoms with Crippen molar-refractivity contribution in [3.63, 3.8) is 0 Å². The molecule has 1 aromatic heterocycles. The van der Waals surface area contributed by atoms with Crippen LogP contribution in [-0.2, 0) is 0 Å². The van der Waals surface area contributed by atoms with Crippen molar-refractivity contribution in [2.75, 3.05) is 6.54 Å². The van der Waals surface area contributed by atoms with E-state index in [2.05, 4.69) is 15.5 Å². The highest BCUT2D eigenvalue weighted by molar-refractivity contribution is 7.71. The Morgan fingerprint density at radius 2 is 2.20 bits per heavy atom. The van der Waals surface area contributed by atoms with Gasteiger partial charge >= 0.3 is 0 Å². The van der Waals surface area contributed by atoms with E-state index in [1.165, 1.54) is 0 Å². The molecule has 20 heavy (non-hydrogen) atoms. The molecule has 1 heterocycles. The molecule has 106 valence electrons. The van der Waals surface area contributed by atoms with Crippen LogP contribution in [0.3, 0.4) is 0 Å². The molecule has 2 aromatic rings. The van der Waals surface area contributed by atoms with Crippen molar-refractivity contribution >= 4 is 18.1 Å². The zero-order valence-corrected chi connectivity index (χ0v) is 11.7. The second-order valence-electron chi connectivity index (χ2n) is 4.39. The highest BCUT2D eigenvalue weighted by Gasteiger charge is 2.08. The topological polar surface area (TPSA) is 91.1 Å². The highest BCUT2D eigenvalue weighted by Crippen LogP contribution is 2.17. The van der Waals surface area contributed by atoms with Crippen molar-refractivity contribution in [3.05, 3.63) is 34.7 Å². The number of nitrogens with one attached hydrogen (secondary N) is 2. The van der Waals surface area contributed by atoms with E-state index in [-0.39, 0.29) is 10.7 Å². The zero-order valence-electron chi connectivity index (χ0n) is 10.9. The molecular weight excluding hydrogens is 278 g/mol. The second-order valence-corrected chi connectivity index (χ2v) is 4.76. The Balaban J connectivity index is 2.01. The van der Waals surface area contributed by atoms with Gasteiger partial charge in [-0.1, -0.05) is 0 Å². The summed E-state index contributed by atoms with van der Waals surface area (Å²) in [6, 6.07) is 6.83. The third-order valence-electron chi connectivity index (χ3n) is 2.68. The first-order valence-electron chi connectivity index (χ1n) is 6.18. The molecule has 0 radical (unpaired) electrons. The number of amides is 1. The van der Waals surface area contributed by atoms with Gasteiger partial charge in [0, 0.05) is 17.7 Å². The number of aromatic amines is 1. The van der Waals surface area contributed by atoms with Crippen LogP contribution in [0.1, 0.15) is 23.7 Å².